The minimum absolute atomic E-state index is 0.0813. The molecule has 0 aliphatic heterocycles. The summed E-state index contributed by atoms with van der Waals surface area (Å²) in [5.41, 5.74) is 5.92. The van der Waals surface area contributed by atoms with Crippen molar-refractivity contribution in [2.75, 3.05) is 20.8 Å². The number of benzene rings is 2. The molecule has 0 bridgehead atoms. The van der Waals surface area contributed by atoms with Gasteiger partial charge in [0.1, 0.15) is 5.75 Å². The number of hydrogen-bond acceptors (Lipinski definition) is 5. The van der Waals surface area contributed by atoms with Crippen molar-refractivity contribution in [1.82, 2.24) is 5.43 Å². The summed E-state index contributed by atoms with van der Waals surface area (Å²) in [7, 11) is 3.14. The molecule has 0 radical (unpaired) electrons. The molecule has 0 unspecified atom stereocenters. The lowest BCUT2D eigenvalue weighted by molar-refractivity contribution is -0.123. The Balaban J connectivity index is 1.50. The van der Waals surface area contributed by atoms with E-state index >= 15 is 0 Å². The molecule has 6 nitrogen and oxygen atoms in total. The number of nitrogens with one attached hydrogen (secondary N) is 1. The third kappa shape index (κ3) is 4.33. The molecule has 26 heavy (non-hydrogen) atoms. The van der Waals surface area contributed by atoms with Gasteiger partial charge in [-0.2, -0.15) is 5.10 Å². The lowest BCUT2D eigenvalue weighted by Gasteiger charge is -2.08. The molecule has 1 aliphatic carbocycles. The second-order valence-electron chi connectivity index (χ2n) is 5.98. The number of aryl methyl sites for hydroxylation is 2. The predicted molar refractivity (Wildman–Crippen MR) is 99.2 cm³/mol. The smallest absolute Gasteiger partial charge is 0.277 e. The molecule has 2 aromatic carbocycles. The van der Waals surface area contributed by atoms with Gasteiger partial charge >= 0.3 is 0 Å². The molecular formula is C20H22N2O4. The summed E-state index contributed by atoms with van der Waals surface area (Å²) in [6, 6.07) is 11.4. The fourth-order valence-electron chi connectivity index (χ4n) is 2.93. The first-order chi connectivity index (χ1) is 12.7. The zero-order chi connectivity index (χ0) is 18.4. The molecule has 1 amide bonds. The van der Waals surface area contributed by atoms with Gasteiger partial charge in [-0.15, -0.1) is 0 Å². The summed E-state index contributed by atoms with van der Waals surface area (Å²) in [5.74, 6) is 1.63. The number of hydrogen-bond donors (Lipinski definition) is 1. The highest BCUT2D eigenvalue weighted by atomic mass is 16.5. The van der Waals surface area contributed by atoms with E-state index in [0.29, 0.717) is 17.2 Å². The van der Waals surface area contributed by atoms with E-state index in [9.17, 15) is 4.79 Å². The number of carbonyl (C=O) groups is 1. The molecule has 1 N–H and O–H groups in total. The number of rotatable bonds is 7. The van der Waals surface area contributed by atoms with Crippen molar-refractivity contribution in [2.24, 2.45) is 5.10 Å². The van der Waals surface area contributed by atoms with Gasteiger partial charge < -0.3 is 14.2 Å². The predicted octanol–water partition coefficient (Wildman–Crippen LogP) is 2.72. The summed E-state index contributed by atoms with van der Waals surface area (Å²) in [4.78, 5) is 11.9. The molecule has 3 rings (SSSR count). The van der Waals surface area contributed by atoms with Crippen LogP contribution in [0.2, 0.25) is 0 Å². The Labute approximate surface area is 152 Å². The molecule has 0 atom stereocenters. The van der Waals surface area contributed by atoms with E-state index in [-0.39, 0.29) is 12.5 Å². The average molecular weight is 354 g/mol. The van der Waals surface area contributed by atoms with Crippen LogP contribution in [0.25, 0.3) is 0 Å². The number of carbonyl (C=O) groups excluding carboxylic acids is 1. The Bertz CT molecular complexity index is 817. The van der Waals surface area contributed by atoms with Gasteiger partial charge in [0.2, 0.25) is 0 Å². The molecule has 2 aromatic rings. The number of hydrazone groups is 1. The number of ether oxygens (including phenoxy) is 3. The van der Waals surface area contributed by atoms with Gasteiger partial charge in [-0.3, -0.25) is 4.79 Å². The second kappa shape index (κ2) is 8.38. The maximum absolute atomic E-state index is 11.9. The van der Waals surface area contributed by atoms with Gasteiger partial charge in [0, 0.05) is 0 Å². The van der Waals surface area contributed by atoms with Gasteiger partial charge in [0.15, 0.2) is 18.1 Å². The van der Waals surface area contributed by atoms with E-state index in [4.69, 9.17) is 14.2 Å². The van der Waals surface area contributed by atoms with Crippen molar-refractivity contribution in [2.45, 2.75) is 19.3 Å². The molecule has 0 fully saturated rings. The normalized spacial score (nSPS) is 12.7. The Morgan fingerprint density at radius 1 is 1.08 bits per heavy atom. The topological polar surface area (TPSA) is 69.2 Å². The quantitative estimate of drug-likeness (QED) is 0.613. The molecule has 1 aliphatic rings. The summed E-state index contributed by atoms with van der Waals surface area (Å²) >= 11 is 0. The highest BCUT2D eigenvalue weighted by Crippen LogP contribution is 2.27. The maximum Gasteiger partial charge on any atom is 0.277 e. The van der Waals surface area contributed by atoms with Crippen LogP contribution >= 0.6 is 0 Å². The highest BCUT2D eigenvalue weighted by molar-refractivity contribution is 5.83. The van der Waals surface area contributed by atoms with E-state index in [1.165, 1.54) is 23.8 Å². The zero-order valence-electron chi connectivity index (χ0n) is 15.0. The average Bonchev–Trinajstić information content (AvgIpc) is 3.14. The minimum Gasteiger partial charge on any atom is -0.493 e. The molecular weight excluding hydrogens is 332 g/mol. The highest BCUT2D eigenvalue weighted by Gasteiger charge is 2.11. The molecule has 0 saturated carbocycles. The van der Waals surface area contributed by atoms with Gasteiger partial charge in [-0.05, 0) is 66.3 Å². The standard InChI is InChI=1S/C20H22N2O4/c1-24-18-9-6-14(10-19(18)25-2)12-21-22-20(23)13-26-17-8-7-15-4-3-5-16(15)11-17/h6-12H,3-5,13H2,1-2H3,(H,22,23)/b21-12+. The van der Waals surface area contributed by atoms with Gasteiger partial charge in [-0.25, -0.2) is 5.43 Å². The lowest BCUT2D eigenvalue weighted by atomic mass is 10.1. The van der Waals surface area contributed by atoms with Crippen LogP contribution in [-0.4, -0.2) is 32.9 Å². The lowest BCUT2D eigenvalue weighted by Crippen LogP contribution is -2.24. The van der Waals surface area contributed by atoms with E-state index in [1.807, 2.05) is 18.2 Å². The largest absolute Gasteiger partial charge is 0.493 e. The summed E-state index contributed by atoms with van der Waals surface area (Å²) in [5, 5.41) is 3.94. The monoisotopic (exact) mass is 354 g/mol. The number of nitrogens with zero attached hydrogens (tertiary/aromatic N) is 1. The number of amides is 1. The van der Waals surface area contributed by atoms with Crippen molar-refractivity contribution >= 4 is 12.1 Å². The van der Waals surface area contributed by atoms with E-state index in [2.05, 4.69) is 16.6 Å². The van der Waals surface area contributed by atoms with Crippen molar-refractivity contribution in [3.63, 3.8) is 0 Å². The van der Waals surface area contributed by atoms with Crippen molar-refractivity contribution < 1.29 is 19.0 Å². The Morgan fingerprint density at radius 2 is 1.88 bits per heavy atom. The molecule has 0 spiro atoms. The van der Waals surface area contributed by atoms with Crippen molar-refractivity contribution in [3.05, 3.63) is 53.1 Å². The van der Waals surface area contributed by atoms with Crippen molar-refractivity contribution in [1.29, 1.82) is 0 Å². The molecule has 6 heteroatoms. The van der Waals surface area contributed by atoms with Crippen LogP contribution in [0.1, 0.15) is 23.1 Å². The van der Waals surface area contributed by atoms with Crippen LogP contribution in [0.4, 0.5) is 0 Å². The number of methoxy groups -OCH3 is 2. The van der Waals surface area contributed by atoms with Crippen LogP contribution in [0.3, 0.4) is 0 Å². The van der Waals surface area contributed by atoms with E-state index in [1.54, 1.807) is 26.4 Å². The van der Waals surface area contributed by atoms with Crippen LogP contribution in [0.15, 0.2) is 41.5 Å². The van der Waals surface area contributed by atoms with Crippen LogP contribution in [0, 0.1) is 0 Å². The Morgan fingerprint density at radius 3 is 2.69 bits per heavy atom. The molecule has 0 aromatic heterocycles. The van der Waals surface area contributed by atoms with E-state index < -0.39 is 0 Å². The molecule has 0 heterocycles. The SMILES string of the molecule is COc1ccc(/C=N/NC(=O)COc2ccc3c(c2)CCC3)cc1OC. The fraction of sp³-hybridized carbons (Fsp3) is 0.300. The third-order valence-electron chi connectivity index (χ3n) is 4.25. The first-order valence-electron chi connectivity index (χ1n) is 8.48. The van der Waals surface area contributed by atoms with Gasteiger partial charge in [-0.1, -0.05) is 6.07 Å². The minimum atomic E-state index is -0.317. The fourth-order valence-corrected chi connectivity index (χ4v) is 2.93. The maximum atomic E-state index is 11.9. The van der Waals surface area contributed by atoms with Crippen LogP contribution in [-0.2, 0) is 17.6 Å². The number of fused-ring (bicyclic) bond motifs is 1. The second-order valence-corrected chi connectivity index (χ2v) is 5.98. The van der Waals surface area contributed by atoms with Crippen LogP contribution in [0.5, 0.6) is 17.2 Å². The first kappa shape index (κ1) is 17.8. The summed E-state index contributed by atoms with van der Waals surface area (Å²) in [6.07, 6.45) is 4.93. The van der Waals surface area contributed by atoms with E-state index in [0.717, 1.165) is 18.4 Å². The zero-order valence-corrected chi connectivity index (χ0v) is 15.0. The summed E-state index contributed by atoms with van der Waals surface area (Å²) in [6.45, 7) is -0.0813. The third-order valence-corrected chi connectivity index (χ3v) is 4.25. The first-order valence-corrected chi connectivity index (χ1v) is 8.48. The van der Waals surface area contributed by atoms with Gasteiger partial charge in [0.25, 0.3) is 5.91 Å². The van der Waals surface area contributed by atoms with Gasteiger partial charge in [0.05, 0.1) is 20.4 Å². The summed E-state index contributed by atoms with van der Waals surface area (Å²) < 4.78 is 15.9. The van der Waals surface area contributed by atoms with Crippen molar-refractivity contribution in [3.8, 4) is 17.2 Å². The van der Waals surface area contributed by atoms with Crippen LogP contribution < -0.4 is 19.6 Å². The Hall–Kier alpha value is -3.02. The molecule has 136 valence electrons. The Kier molecular flexibility index (Phi) is 5.73. The molecule has 0 saturated heterocycles.